The number of hydrogen-bond acceptors (Lipinski definition) is 6. The molecule has 0 amide bonds. The van der Waals surface area contributed by atoms with Crippen LogP contribution < -0.4 is 10.5 Å². The number of para-hydroxylation sites is 1. The van der Waals surface area contributed by atoms with Crippen molar-refractivity contribution >= 4 is 35.9 Å². The molecule has 2 aromatic rings. The first-order valence-electron chi connectivity index (χ1n) is 10.3. The van der Waals surface area contributed by atoms with E-state index in [-0.39, 0.29) is 12.4 Å². The molecule has 0 spiro atoms. The minimum absolute atomic E-state index is 0. The van der Waals surface area contributed by atoms with E-state index in [0.717, 1.165) is 29.0 Å². The Labute approximate surface area is 192 Å². The second kappa shape index (κ2) is 9.32. The van der Waals surface area contributed by atoms with Crippen molar-refractivity contribution in [2.75, 3.05) is 32.8 Å². The molecule has 0 bridgehead atoms. The van der Waals surface area contributed by atoms with Gasteiger partial charge >= 0.3 is 5.97 Å². The monoisotopic (exact) mass is 453 g/mol. The summed E-state index contributed by atoms with van der Waals surface area (Å²) in [6.45, 7) is 3.47. The van der Waals surface area contributed by atoms with E-state index in [2.05, 4.69) is 14.9 Å². The van der Waals surface area contributed by atoms with Crippen LogP contribution in [0, 0.1) is 0 Å². The second-order valence-corrected chi connectivity index (χ2v) is 7.53. The molecule has 0 atom stereocenters. The number of ether oxygens (including phenoxy) is 2. The van der Waals surface area contributed by atoms with Gasteiger partial charge in [0.2, 0.25) is 5.90 Å². The van der Waals surface area contributed by atoms with Crippen LogP contribution in [0.25, 0.3) is 0 Å². The topological polar surface area (TPSA) is 92.8 Å². The zero-order chi connectivity index (χ0) is 21.2. The van der Waals surface area contributed by atoms with Crippen molar-refractivity contribution in [2.24, 2.45) is 15.7 Å². The van der Waals surface area contributed by atoms with Crippen LogP contribution in [0.1, 0.15) is 11.1 Å². The van der Waals surface area contributed by atoms with Crippen LogP contribution in [-0.2, 0) is 16.0 Å². The molecule has 3 aliphatic rings. The summed E-state index contributed by atoms with van der Waals surface area (Å²) >= 11 is 0. The molecule has 32 heavy (non-hydrogen) atoms. The van der Waals surface area contributed by atoms with Crippen LogP contribution in [0.5, 0.6) is 5.75 Å². The number of esters is 1. The molecule has 2 aromatic carbocycles. The molecule has 0 radical (unpaired) electrons. The molecule has 0 aromatic heterocycles. The van der Waals surface area contributed by atoms with E-state index in [1.165, 1.54) is 0 Å². The Morgan fingerprint density at radius 1 is 1.06 bits per heavy atom. The molecule has 9 heteroatoms. The number of carbonyl (C=O) groups excluding carboxylic acids is 1. The summed E-state index contributed by atoms with van der Waals surface area (Å²) in [7, 11) is 0. The molecule has 2 N–H and O–H groups in total. The summed E-state index contributed by atoms with van der Waals surface area (Å²) in [4.78, 5) is 25.4. The highest BCUT2D eigenvalue weighted by atomic mass is 35.5. The maximum absolute atomic E-state index is 12.4. The molecule has 8 nitrogen and oxygen atoms in total. The third-order valence-corrected chi connectivity index (χ3v) is 5.54. The van der Waals surface area contributed by atoms with Crippen molar-refractivity contribution in [3.05, 3.63) is 71.6 Å². The third-order valence-electron chi connectivity index (χ3n) is 5.54. The molecule has 0 saturated carbocycles. The van der Waals surface area contributed by atoms with E-state index in [4.69, 9.17) is 15.2 Å². The normalized spacial score (nSPS) is 19.2. The first kappa shape index (κ1) is 21.7. The van der Waals surface area contributed by atoms with E-state index in [1.807, 2.05) is 53.4 Å². The molecule has 1 fully saturated rings. The Hall–Kier alpha value is -3.52. The molecule has 3 aliphatic heterocycles. The zero-order valence-electron chi connectivity index (χ0n) is 17.4. The predicted octanol–water partition coefficient (Wildman–Crippen LogP) is 2.45. The van der Waals surface area contributed by atoms with Crippen molar-refractivity contribution in [1.82, 2.24) is 9.80 Å². The number of aliphatic imine (C=N–C) groups is 2. The predicted molar refractivity (Wildman–Crippen MR) is 124 cm³/mol. The molecular weight excluding hydrogens is 430 g/mol. The van der Waals surface area contributed by atoms with Gasteiger partial charge in [-0.1, -0.05) is 24.3 Å². The van der Waals surface area contributed by atoms with Gasteiger partial charge < -0.3 is 25.0 Å². The minimum atomic E-state index is -0.431. The van der Waals surface area contributed by atoms with Gasteiger partial charge in [0.1, 0.15) is 5.75 Å². The first-order chi connectivity index (χ1) is 15.2. The van der Waals surface area contributed by atoms with E-state index in [9.17, 15) is 4.79 Å². The van der Waals surface area contributed by atoms with E-state index >= 15 is 0 Å². The van der Waals surface area contributed by atoms with Gasteiger partial charge in [0, 0.05) is 49.9 Å². The molecule has 0 unspecified atom stereocenters. The Bertz CT molecular complexity index is 1090. The number of nitrogens with two attached hydrogens (primary N) is 1. The summed E-state index contributed by atoms with van der Waals surface area (Å²) in [5.41, 5.74) is 9.18. The number of fused-ring (bicyclic) bond motifs is 1. The number of rotatable bonds is 3. The number of piperazine rings is 1. The fourth-order valence-electron chi connectivity index (χ4n) is 3.90. The molecular formula is C23H24ClN5O3. The van der Waals surface area contributed by atoms with Crippen molar-refractivity contribution < 1.29 is 14.3 Å². The van der Waals surface area contributed by atoms with E-state index in [1.54, 1.807) is 6.20 Å². The van der Waals surface area contributed by atoms with Gasteiger partial charge in [0.15, 0.2) is 11.7 Å². The minimum Gasteiger partial charge on any atom is -0.493 e. The summed E-state index contributed by atoms with van der Waals surface area (Å²) in [5.74, 6) is 1.24. The lowest BCUT2D eigenvalue weighted by Crippen LogP contribution is -2.49. The molecule has 5 rings (SSSR count). The number of cyclic esters (lactones) is 1. The third kappa shape index (κ3) is 4.40. The highest BCUT2D eigenvalue weighted by molar-refractivity contribution is 6.11. The number of carbonyl (C=O) groups is 1. The number of benzene rings is 2. The lowest BCUT2D eigenvalue weighted by Gasteiger charge is -2.34. The second-order valence-electron chi connectivity index (χ2n) is 7.53. The molecule has 166 valence electrons. The number of guanidine groups is 1. The Morgan fingerprint density at radius 2 is 1.84 bits per heavy atom. The smallest absolute Gasteiger partial charge is 0.365 e. The van der Waals surface area contributed by atoms with Gasteiger partial charge in [-0.25, -0.2) is 14.8 Å². The van der Waals surface area contributed by atoms with Crippen LogP contribution >= 0.6 is 12.4 Å². The highest BCUT2D eigenvalue weighted by Crippen LogP contribution is 2.30. The summed E-state index contributed by atoms with van der Waals surface area (Å²) in [6.07, 6.45) is 2.56. The largest absolute Gasteiger partial charge is 0.493 e. The van der Waals surface area contributed by atoms with Crippen molar-refractivity contribution in [1.29, 1.82) is 0 Å². The van der Waals surface area contributed by atoms with Gasteiger partial charge in [-0.3, -0.25) is 0 Å². The van der Waals surface area contributed by atoms with Gasteiger partial charge in [-0.05, 0) is 24.3 Å². The fraction of sp³-hybridized carbons (Fsp3) is 0.261. The van der Waals surface area contributed by atoms with Crippen molar-refractivity contribution in [3.8, 4) is 5.75 Å². The lowest BCUT2D eigenvalue weighted by molar-refractivity contribution is -0.130. The van der Waals surface area contributed by atoms with Crippen LogP contribution in [-0.4, -0.2) is 60.4 Å². The zero-order valence-corrected chi connectivity index (χ0v) is 18.3. The fourth-order valence-corrected chi connectivity index (χ4v) is 3.90. The van der Waals surface area contributed by atoms with Gasteiger partial charge in [-0.15, -0.1) is 12.4 Å². The maximum atomic E-state index is 12.4. The average Bonchev–Trinajstić information content (AvgIpc) is 3.41. The summed E-state index contributed by atoms with van der Waals surface area (Å²) in [5, 5.41) is 0. The van der Waals surface area contributed by atoms with Gasteiger partial charge in [0.25, 0.3) is 0 Å². The lowest BCUT2D eigenvalue weighted by atomic mass is 10.1. The summed E-state index contributed by atoms with van der Waals surface area (Å²) < 4.78 is 11.1. The Kier molecular flexibility index (Phi) is 6.32. The van der Waals surface area contributed by atoms with E-state index in [0.29, 0.717) is 50.3 Å². The average molecular weight is 454 g/mol. The first-order valence-corrected chi connectivity index (χ1v) is 10.3. The Balaban J connectivity index is 0.00000245. The van der Waals surface area contributed by atoms with Crippen molar-refractivity contribution in [2.45, 2.75) is 6.42 Å². The highest BCUT2D eigenvalue weighted by Gasteiger charge is 2.29. The maximum Gasteiger partial charge on any atom is 0.365 e. The molecule has 0 aliphatic carbocycles. The SMILES string of the molecule is Cl.NC(=Nc1ccccc1)N1CCN(C=C2N=C(c3cccc4c3CCO4)OC2=O)CC1. The Morgan fingerprint density at radius 3 is 2.62 bits per heavy atom. The van der Waals surface area contributed by atoms with Gasteiger partial charge in [-0.2, -0.15) is 0 Å². The van der Waals surface area contributed by atoms with Crippen LogP contribution in [0.4, 0.5) is 5.69 Å². The number of halogens is 1. The van der Waals surface area contributed by atoms with E-state index < -0.39 is 5.97 Å². The number of nitrogens with zero attached hydrogens (tertiary/aromatic N) is 4. The number of hydrogen-bond donors (Lipinski definition) is 1. The van der Waals surface area contributed by atoms with Crippen LogP contribution in [0.15, 0.2) is 70.4 Å². The van der Waals surface area contributed by atoms with Gasteiger partial charge in [0.05, 0.1) is 12.3 Å². The quantitative estimate of drug-likeness (QED) is 0.332. The van der Waals surface area contributed by atoms with Crippen molar-refractivity contribution in [3.63, 3.8) is 0 Å². The van der Waals surface area contributed by atoms with Crippen LogP contribution in [0.2, 0.25) is 0 Å². The molecule has 3 heterocycles. The van der Waals surface area contributed by atoms with Crippen LogP contribution in [0.3, 0.4) is 0 Å². The molecule has 1 saturated heterocycles. The summed E-state index contributed by atoms with van der Waals surface area (Å²) in [6, 6.07) is 15.4. The standard InChI is InChI=1S/C23H23N5O3.ClH/c24-23(25-16-5-2-1-3-6-16)28-12-10-27(11-13-28)15-19-22(29)31-21(26-19)18-7-4-8-20-17(18)9-14-30-20;/h1-8,15H,9-14H2,(H2,24,25);1H.